The molecule has 0 unspecified atom stereocenters. The summed E-state index contributed by atoms with van der Waals surface area (Å²) in [4.78, 5) is 32.9. The first-order valence-electron chi connectivity index (χ1n) is 12.3. The van der Waals surface area contributed by atoms with Crippen molar-refractivity contribution in [1.29, 1.82) is 0 Å². The van der Waals surface area contributed by atoms with E-state index in [-0.39, 0.29) is 29.7 Å². The van der Waals surface area contributed by atoms with E-state index in [0.29, 0.717) is 12.5 Å². The molecule has 1 N–H and O–H groups in total. The average Bonchev–Trinajstić information content (AvgIpc) is 3.49. The number of carbonyl (C=O) groups is 2. The van der Waals surface area contributed by atoms with Crippen LogP contribution in [0.25, 0.3) is 11.0 Å². The lowest BCUT2D eigenvalue weighted by Crippen LogP contribution is -2.51. The Morgan fingerprint density at radius 3 is 2.59 bits per heavy atom. The molecule has 1 saturated carbocycles. The number of hydrogen-bond acceptors (Lipinski definition) is 4. The van der Waals surface area contributed by atoms with Crippen molar-refractivity contribution in [3.8, 4) is 0 Å². The van der Waals surface area contributed by atoms with Crippen LogP contribution in [0.15, 0.2) is 59.8 Å². The van der Waals surface area contributed by atoms with Gasteiger partial charge in [0.05, 0.1) is 16.8 Å². The summed E-state index contributed by atoms with van der Waals surface area (Å²) in [5, 5.41) is 4.16. The predicted octanol–water partition coefficient (Wildman–Crippen LogP) is 4.50. The van der Waals surface area contributed by atoms with Crippen molar-refractivity contribution < 1.29 is 9.59 Å². The van der Waals surface area contributed by atoms with Gasteiger partial charge in [0.2, 0.25) is 11.8 Å². The Bertz CT molecular complexity index is 1160. The molecular formula is C27H32N4O2S. The van der Waals surface area contributed by atoms with Crippen LogP contribution < -0.4 is 5.32 Å². The molecule has 2 fully saturated rings. The first kappa shape index (κ1) is 23.0. The molecule has 7 heteroatoms. The molecule has 1 aromatic heterocycles. The number of aromatic nitrogens is 2. The molecule has 5 rings (SSSR count). The maximum absolute atomic E-state index is 13.3. The van der Waals surface area contributed by atoms with Crippen LogP contribution in [0, 0.1) is 0 Å². The predicted molar refractivity (Wildman–Crippen MR) is 136 cm³/mol. The standard InChI is InChI=1S/C27H32N4O2S/c1-30-23-15-8-7-14-22(23)29-27(30)34-18-25(32)31-17-9-16-24(31)26(33)28-21-13-6-5-12-20(21)19-10-3-2-4-11-19/h2-4,7-8,10-11,14-15,20-21,24H,5-6,9,12-13,16-18H2,1H3,(H,28,33)/t20-,21+,24-/m0/s1. The number of amides is 2. The number of para-hydroxylation sites is 2. The van der Waals surface area contributed by atoms with Gasteiger partial charge >= 0.3 is 0 Å². The summed E-state index contributed by atoms with van der Waals surface area (Å²) in [7, 11) is 1.97. The second-order valence-electron chi connectivity index (χ2n) is 9.39. The second kappa shape index (κ2) is 10.2. The number of aryl methyl sites for hydroxylation is 1. The lowest BCUT2D eigenvalue weighted by atomic mass is 9.80. The first-order chi connectivity index (χ1) is 16.6. The van der Waals surface area contributed by atoms with Gasteiger partial charge in [-0.1, -0.05) is 67.1 Å². The number of nitrogens with zero attached hydrogens (tertiary/aromatic N) is 3. The van der Waals surface area contributed by atoms with Crippen LogP contribution in [0.2, 0.25) is 0 Å². The van der Waals surface area contributed by atoms with Gasteiger partial charge in [-0.2, -0.15) is 0 Å². The number of carbonyl (C=O) groups excluding carboxylic acids is 2. The summed E-state index contributed by atoms with van der Waals surface area (Å²) in [6.45, 7) is 0.646. The van der Waals surface area contributed by atoms with Gasteiger partial charge in [-0.05, 0) is 43.4 Å². The minimum atomic E-state index is -0.369. The van der Waals surface area contributed by atoms with Crippen LogP contribution in [-0.2, 0) is 16.6 Å². The summed E-state index contributed by atoms with van der Waals surface area (Å²) < 4.78 is 2.02. The molecule has 2 aliphatic rings. The van der Waals surface area contributed by atoms with Gasteiger partial charge in [-0.3, -0.25) is 9.59 Å². The highest BCUT2D eigenvalue weighted by atomic mass is 32.2. The van der Waals surface area contributed by atoms with Crippen molar-refractivity contribution in [2.75, 3.05) is 12.3 Å². The van der Waals surface area contributed by atoms with Gasteiger partial charge in [0.1, 0.15) is 6.04 Å². The Morgan fingerprint density at radius 1 is 1.00 bits per heavy atom. The smallest absolute Gasteiger partial charge is 0.243 e. The third-order valence-corrected chi connectivity index (χ3v) is 8.28. The molecule has 2 heterocycles. The number of thioether (sulfide) groups is 1. The molecule has 1 saturated heterocycles. The van der Waals surface area contributed by atoms with E-state index in [1.807, 2.05) is 41.9 Å². The molecule has 178 valence electrons. The highest BCUT2D eigenvalue weighted by Crippen LogP contribution is 2.33. The van der Waals surface area contributed by atoms with Gasteiger partial charge < -0.3 is 14.8 Å². The van der Waals surface area contributed by atoms with Crippen molar-refractivity contribution in [3.05, 3.63) is 60.2 Å². The normalized spacial score (nSPS) is 22.7. The Hall–Kier alpha value is -2.80. The maximum atomic E-state index is 13.3. The third kappa shape index (κ3) is 4.71. The quantitative estimate of drug-likeness (QED) is 0.532. The highest BCUT2D eigenvalue weighted by Gasteiger charge is 2.36. The SMILES string of the molecule is Cn1c(SCC(=O)N2CCC[C@H]2C(=O)N[C@@H]2CCCC[C@H]2c2ccccc2)nc2ccccc21. The largest absolute Gasteiger partial charge is 0.351 e. The van der Waals surface area contributed by atoms with Crippen LogP contribution in [0.3, 0.4) is 0 Å². The van der Waals surface area contributed by atoms with Crippen LogP contribution >= 0.6 is 11.8 Å². The first-order valence-corrected chi connectivity index (χ1v) is 13.3. The zero-order valence-corrected chi connectivity index (χ0v) is 20.5. The second-order valence-corrected chi connectivity index (χ2v) is 10.3. The van der Waals surface area contributed by atoms with E-state index < -0.39 is 0 Å². The lowest BCUT2D eigenvalue weighted by molar-refractivity contribution is -0.137. The minimum absolute atomic E-state index is 0.00594. The van der Waals surface area contributed by atoms with Crippen LogP contribution in [-0.4, -0.2) is 50.6 Å². The number of rotatable bonds is 6. The van der Waals surface area contributed by atoms with Gasteiger partial charge in [0.25, 0.3) is 0 Å². The van der Waals surface area contributed by atoms with Crippen LogP contribution in [0.1, 0.15) is 50.0 Å². The number of nitrogens with one attached hydrogen (secondary N) is 1. The van der Waals surface area contributed by atoms with Crippen molar-refractivity contribution >= 4 is 34.6 Å². The Kier molecular flexibility index (Phi) is 6.90. The molecular weight excluding hydrogens is 444 g/mol. The van der Waals surface area contributed by atoms with Crippen molar-refractivity contribution in [3.63, 3.8) is 0 Å². The summed E-state index contributed by atoms with van der Waals surface area (Å²) in [5.74, 6) is 0.652. The zero-order chi connectivity index (χ0) is 23.5. The molecule has 6 nitrogen and oxygen atoms in total. The maximum Gasteiger partial charge on any atom is 0.243 e. The number of hydrogen-bond donors (Lipinski definition) is 1. The molecule has 1 aliphatic heterocycles. The fourth-order valence-corrected chi connectivity index (χ4v) is 6.35. The van der Waals surface area contributed by atoms with Crippen molar-refractivity contribution in [2.24, 2.45) is 7.05 Å². The molecule has 0 spiro atoms. The van der Waals surface area contributed by atoms with E-state index >= 15 is 0 Å². The topological polar surface area (TPSA) is 67.2 Å². The zero-order valence-electron chi connectivity index (χ0n) is 19.7. The van der Waals surface area contributed by atoms with Gasteiger partial charge in [0, 0.05) is 25.6 Å². The number of imidazole rings is 1. The highest BCUT2D eigenvalue weighted by molar-refractivity contribution is 7.99. The lowest BCUT2D eigenvalue weighted by Gasteiger charge is -2.34. The van der Waals surface area contributed by atoms with Crippen LogP contribution in [0.4, 0.5) is 0 Å². The molecule has 0 radical (unpaired) electrons. The number of likely N-dealkylation sites (tertiary alicyclic amines) is 1. The monoisotopic (exact) mass is 476 g/mol. The van der Waals surface area contributed by atoms with Gasteiger partial charge in [-0.15, -0.1) is 0 Å². The summed E-state index contributed by atoms with van der Waals surface area (Å²) in [6.07, 6.45) is 6.02. The van der Waals surface area contributed by atoms with E-state index in [0.717, 1.165) is 48.3 Å². The van der Waals surface area contributed by atoms with Crippen molar-refractivity contribution in [1.82, 2.24) is 19.8 Å². The molecule has 3 aromatic rings. The van der Waals surface area contributed by atoms with Gasteiger partial charge in [-0.25, -0.2) is 4.98 Å². The van der Waals surface area contributed by atoms with Gasteiger partial charge in [0.15, 0.2) is 5.16 Å². The van der Waals surface area contributed by atoms with E-state index in [1.54, 1.807) is 4.90 Å². The molecule has 1 aliphatic carbocycles. The van der Waals surface area contributed by atoms with E-state index in [2.05, 4.69) is 34.6 Å². The average molecular weight is 477 g/mol. The molecule has 2 aromatic carbocycles. The third-order valence-electron chi connectivity index (χ3n) is 7.27. The minimum Gasteiger partial charge on any atom is -0.351 e. The van der Waals surface area contributed by atoms with Crippen molar-refractivity contribution in [2.45, 2.75) is 61.7 Å². The molecule has 2 amide bonds. The molecule has 0 bridgehead atoms. The summed E-state index contributed by atoms with van der Waals surface area (Å²) >= 11 is 1.44. The Balaban J connectivity index is 1.22. The fraction of sp³-hybridized carbons (Fsp3) is 0.444. The van der Waals surface area contributed by atoms with E-state index in [9.17, 15) is 9.59 Å². The molecule has 34 heavy (non-hydrogen) atoms. The molecule has 3 atom stereocenters. The Morgan fingerprint density at radius 2 is 1.76 bits per heavy atom. The van der Waals surface area contributed by atoms with Crippen LogP contribution in [0.5, 0.6) is 0 Å². The summed E-state index contributed by atoms with van der Waals surface area (Å²) in [5.41, 5.74) is 3.28. The summed E-state index contributed by atoms with van der Waals surface area (Å²) in [6, 6.07) is 18.3. The fourth-order valence-electron chi connectivity index (χ4n) is 5.48. The Labute approximate surface area is 205 Å². The number of fused-ring (bicyclic) bond motifs is 1. The van der Waals surface area contributed by atoms with E-state index in [4.69, 9.17) is 0 Å². The number of benzene rings is 2. The van der Waals surface area contributed by atoms with E-state index in [1.165, 1.54) is 23.7 Å².